The van der Waals surface area contributed by atoms with Crippen LogP contribution in [-0.4, -0.2) is 42.5 Å². The van der Waals surface area contributed by atoms with Gasteiger partial charge in [0.2, 0.25) is 15.9 Å². The summed E-state index contributed by atoms with van der Waals surface area (Å²) >= 11 is 1.35. The van der Waals surface area contributed by atoms with E-state index in [1.165, 1.54) is 15.6 Å². The van der Waals surface area contributed by atoms with Gasteiger partial charge < -0.3 is 11.1 Å². The lowest BCUT2D eigenvalue weighted by Gasteiger charge is -2.21. The summed E-state index contributed by atoms with van der Waals surface area (Å²) in [6.45, 7) is 2.29. The number of aryl methyl sites for hydroxylation is 1. The molecule has 3 N–H and O–H groups in total. The lowest BCUT2D eigenvalue weighted by atomic mass is 10.1. The Balaban J connectivity index is 1.85. The van der Waals surface area contributed by atoms with Crippen LogP contribution in [0.1, 0.15) is 18.4 Å². The zero-order chi connectivity index (χ0) is 16.8. The number of carbonyl (C=O) groups excluding carboxylic acids is 1. The monoisotopic (exact) mass is 354 g/mol. The first-order valence-electron chi connectivity index (χ1n) is 7.20. The Morgan fingerprint density at radius 2 is 2.22 bits per heavy atom. The Hall–Kier alpha value is -1.71. The number of nitrogens with two attached hydrogens (primary N) is 1. The number of anilines is 2. The summed E-state index contributed by atoms with van der Waals surface area (Å²) < 4.78 is 25.7. The Morgan fingerprint density at radius 3 is 2.91 bits per heavy atom. The molecule has 1 fully saturated rings. The molecule has 23 heavy (non-hydrogen) atoms. The van der Waals surface area contributed by atoms with E-state index in [1.54, 1.807) is 0 Å². The third kappa shape index (κ3) is 3.17. The number of hydrogen-bond donors (Lipinski definition) is 2. The highest BCUT2D eigenvalue weighted by Crippen LogP contribution is 2.30. The molecular formula is C14H18N4O3S2. The van der Waals surface area contributed by atoms with Gasteiger partial charge in [0.1, 0.15) is 6.04 Å². The highest BCUT2D eigenvalue weighted by Gasteiger charge is 2.36. The first kappa shape index (κ1) is 16.2. The fourth-order valence-electron chi connectivity index (χ4n) is 2.91. The Labute approximate surface area is 138 Å². The minimum atomic E-state index is -3.38. The summed E-state index contributed by atoms with van der Waals surface area (Å²) in [5, 5.41) is 3.30. The molecule has 9 heteroatoms. The maximum absolute atomic E-state index is 12.5. The molecule has 0 bridgehead atoms. The van der Waals surface area contributed by atoms with Crippen LogP contribution in [0, 0.1) is 6.92 Å². The number of sulfonamides is 1. The predicted molar refractivity (Wildman–Crippen MR) is 92.0 cm³/mol. The Kier molecular flexibility index (Phi) is 4.03. The average molecular weight is 354 g/mol. The predicted octanol–water partition coefficient (Wildman–Crippen LogP) is 1.55. The summed E-state index contributed by atoms with van der Waals surface area (Å²) in [5.74, 6) is -0.302. The summed E-state index contributed by atoms with van der Waals surface area (Å²) in [7, 11) is -3.38. The molecule has 0 saturated carbocycles. The molecule has 3 rings (SSSR count). The van der Waals surface area contributed by atoms with Crippen LogP contribution >= 0.6 is 11.3 Å². The normalized spacial score (nSPS) is 19.3. The number of rotatable bonds is 3. The van der Waals surface area contributed by atoms with Crippen LogP contribution in [0.15, 0.2) is 12.1 Å². The van der Waals surface area contributed by atoms with Crippen molar-refractivity contribution in [3.63, 3.8) is 0 Å². The molecule has 1 atom stereocenters. The smallest absolute Gasteiger partial charge is 0.242 e. The minimum absolute atomic E-state index is 0.302. The van der Waals surface area contributed by atoms with E-state index in [2.05, 4.69) is 10.3 Å². The van der Waals surface area contributed by atoms with Gasteiger partial charge in [0, 0.05) is 12.2 Å². The number of amides is 1. The molecule has 0 unspecified atom stereocenters. The molecule has 2 heterocycles. The summed E-state index contributed by atoms with van der Waals surface area (Å²) in [6, 6.07) is 2.99. The third-order valence-corrected chi connectivity index (χ3v) is 6.02. The largest absolute Gasteiger partial charge is 0.375 e. The summed E-state index contributed by atoms with van der Waals surface area (Å²) in [4.78, 5) is 16.7. The van der Waals surface area contributed by atoms with Crippen molar-refractivity contribution >= 4 is 48.3 Å². The molecule has 1 saturated heterocycles. The van der Waals surface area contributed by atoms with Crippen LogP contribution < -0.4 is 11.1 Å². The van der Waals surface area contributed by atoms with E-state index in [4.69, 9.17) is 5.73 Å². The number of benzene rings is 1. The van der Waals surface area contributed by atoms with Crippen molar-refractivity contribution in [3.05, 3.63) is 17.7 Å². The van der Waals surface area contributed by atoms with Gasteiger partial charge in [-0.2, -0.15) is 4.31 Å². The van der Waals surface area contributed by atoms with E-state index in [9.17, 15) is 13.2 Å². The number of hydrogen-bond acceptors (Lipinski definition) is 6. The van der Waals surface area contributed by atoms with Crippen molar-refractivity contribution in [1.82, 2.24) is 9.29 Å². The van der Waals surface area contributed by atoms with Crippen LogP contribution in [0.4, 0.5) is 10.8 Å². The first-order chi connectivity index (χ1) is 10.8. The zero-order valence-electron chi connectivity index (χ0n) is 12.9. The molecule has 1 aromatic carbocycles. The lowest BCUT2D eigenvalue weighted by Crippen LogP contribution is -2.42. The Bertz CT molecular complexity index is 876. The third-order valence-electron chi connectivity index (χ3n) is 3.90. The Morgan fingerprint density at radius 1 is 1.48 bits per heavy atom. The number of thiazole rings is 1. The van der Waals surface area contributed by atoms with Gasteiger partial charge in [0.15, 0.2) is 5.13 Å². The van der Waals surface area contributed by atoms with Crippen LogP contribution in [0.2, 0.25) is 0 Å². The molecule has 1 amide bonds. The summed E-state index contributed by atoms with van der Waals surface area (Å²) in [6.07, 6.45) is 2.36. The highest BCUT2D eigenvalue weighted by atomic mass is 32.2. The zero-order valence-corrected chi connectivity index (χ0v) is 14.5. The number of nitrogen functional groups attached to an aromatic ring is 1. The van der Waals surface area contributed by atoms with Crippen molar-refractivity contribution in [3.8, 4) is 0 Å². The highest BCUT2D eigenvalue weighted by molar-refractivity contribution is 7.88. The van der Waals surface area contributed by atoms with Crippen LogP contribution in [0.5, 0.6) is 0 Å². The topological polar surface area (TPSA) is 105 Å². The van der Waals surface area contributed by atoms with E-state index in [0.717, 1.165) is 22.0 Å². The van der Waals surface area contributed by atoms with Crippen LogP contribution in [0.25, 0.3) is 10.2 Å². The van der Waals surface area contributed by atoms with Crippen LogP contribution in [-0.2, 0) is 14.8 Å². The van der Waals surface area contributed by atoms with Crippen molar-refractivity contribution in [2.45, 2.75) is 25.8 Å². The van der Waals surface area contributed by atoms with Crippen molar-refractivity contribution < 1.29 is 13.2 Å². The molecule has 124 valence electrons. The second-order valence-corrected chi connectivity index (χ2v) is 8.71. The maximum atomic E-state index is 12.5. The van der Waals surface area contributed by atoms with E-state index >= 15 is 0 Å². The van der Waals surface area contributed by atoms with Crippen molar-refractivity contribution in [2.24, 2.45) is 0 Å². The fraction of sp³-hybridized carbons (Fsp3) is 0.429. The number of aromatic nitrogens is 1. The second kappa shape index (κ2) is 5.73. The molecule has 7 nitrogen and oxygen atoms in total. The first-order valence-corrected chi connectivity index (χ1v) is 9.86. The minimum Gasteiger partial charge on any atom is -0.375 e. The SMILES string of the molecule is Cc1cc(NC(=O)[C@@H]2CCCN2S(C)(=O)=O)cc2sc(N)nc12. The average Bonchev–Trinajstić information content (AvgIpc) is 3.03. The molecule has 1 aliphatic heterocycles. The van der Waals surface area contributed by atoms with Crippen molar-refractivity contribution in [1.29, 1.82) is 0 Å². The maximum Gasteiger partial charge on any atom is 0.242 e. The van der Waals surface area contributed by atoms with Crippen molar-refractivity contribution in [2.75, 3.05) is 23.9 Å². The lowest BCUT2D eigenvalue weighted by molar-refractivity contribution is -0.119. The van der Waals surface area contributed by atoms with Gasteiger partial charge in [-0.15, -0.1) is 0 Å². The molecule has 0 radical (unpaired) electrons. The molecule has 0 spiro atoms. The van der Waals surface area contributed by atoms with Gasteiger partial charge in [0.05, 0.1) is 16.5 Å². The van der Waals surface area contributed by atoms with Gasteiger partial charge in [-0.1, -0.05) is 11.3 Å². The van der Waals surface area contributed by atoms with Gasteiger partial charge in [-0.25, -0.2) is 13.4 Å². The van der Waals surface area contributed by atoms with E-state index < -0.39 is 16.1 Å². The molecule has 1 aliphatic rings. The second-order valence-electron chi connectivity index (χ2n) is 5.71. The summed E-state index contributed by atoms with van der Waals surface area (Å²) in [5.41, 5.74) is 8.09. The molecular weight excluding hydrogens is 336 g/mol. The molecule has 2 aromatic rings. The number of nitrogens with zero attached hydrogens (tertiary/aromatic N) is 2. The van der Waals surface area contributed by atoms with E-state index in [0.29, 0.717) is 30.2 Å². The van der Waals surface area contributed by atoms with Gasteiger partial charge >= 0.3 is 0 Å². The standard InChI is InChI=1S/C14H18N4O3S2/c1-8-6-9(7-11-12(8)17-14(15)22-11)16-13(19)10-4-3-5-18(10)23(2,20)21/h6-7,10H,3-5H2,1-2H3,(H2,15,17)(H,16,19)/t10-/m0/s1. The van der Waals surface area contributed by atoms with Crippen LogP contribution in [0.3, 0.4) is 0 Å². The van der Waals surface area contributed by atoms with Gasteiger partial charge in [-0.3, -0.25) is 4.79 Å². The fourth-order valence-corrected chi connectivity index (χ4v) is 4.89. The van der Waals surface area contributed by atoms with Gasteiger partial charge in [-0.05, 0) is 37.5 Å². The molecule has 0 aliphatic carbocycles. The van der Waals surface area contributed by atoms with E-state index in [1.807, 2.05) is 19.1 Å². The number of nitrogens with one attached hydrogen (secondary N) is 1. The van der Waals surface area contributed by atoms with E-state index in [-0.39, 0.29) is 5.91 Å². The molecule has 1 aromatic heterocycles. The quantitative estimate of drug-likeness (QED) is 0.870. The number of carbonyl (C=O) groups is 1. The number of fused-ring (bicyclic) bond motifs is 1. The van der Waals surface area contributed by atoms with Gasteiger partial charge in [0.25, 0.3) is 0 Å².